The van der Waals surface area contributed by atoms with E-state index >= 15 is 0 Å². The Kier molecular flexibility index (Phi) is 8.12. The van der Waals surface area contributed by atoms with E-state index in [1.165, 1.54) is 7.05 Å². The summed E-state index contributed by atoms with van der Waals surface area (Å²) in [6, 6.07) is -0.626. The number of aliphatic carboxylic acids is 1. The fourth-order valence-electron chi connectivity index (χ4n) is 1.92. The number of carbonyl (C=O) groups is 2. The van der Waals surface area contributed by atoms with Gasteiger partial charge >= 0.3 is 18.2 Å². The Hall–Kier alpha value is -1.47. The number of nitrogens with zero attached hydrogens (tertiary/aromatic N) is 1. The van der Waals surface area contributed by atoms with Crippen LogP contribution in [-0.2, 0) is 4.79 Å². The fraction of sp³-hybridized carbons (Fsp3) is 0.846. The summed E-state index contributed by atoms with van der Waals surface area (Å²) in [6.07, 6.45) is -4.83. The standard InChI is InChI=1S/C13H23F3N2O3/c1-9(2)6-10(7-11(19)20)8-17-12(21)18(3)5-4-13(14,15)16/h9-10H,4-8H2,1-3H3,(H,17,21)(H,19,20). The van der Waals surface area contributed by atoms with E-state index in [0.29, 0.717) is 6.42 Å². The monoisotopic (exact) mass is 312 g/mol. The number of urea groups is 1. The van der Waals surface area contributed by atoms with E-state index in [1.807, 2.05) is 13.8 Å². The van der Waals surface area contributed by atoms with Gasteiger partial charge in [0.1, 0.15) is 0 Å². The second-order valence-electron chi connectivity index (χ2n) is 5.57. The second-order valence-corrected chi connectivity index (χ2v) is 5.57. The number of hydrogen-bond donors (Lipinski definition) is 2. The van der Waals surface area contributed by atoms with Crippen molar-refractivity contribution in [3.63, 3.8) is 0 Å². The summed E-state index contributed by atoms with van der Waals surface area (Å²) in [5, 5.41) is 11.3. The maximum Gasteiger partial charge on any atom is 0.390 e. The van der Waals surface area contributed by atoms with Crippen LogP contribution in [0.2, 0.25) is 0 Å². The molecule has 2 N–H and O–H groups in total. The smallest absolute Gasteiger partial charge is 0.390 e. The molecule has 0 aliphatic rings. The molecule has 0 aromatic rings. The van der Waals surface area contributed by atoms with Crippen molar-refractivity contribution in [2.45, 2.75) is 39.3 Å². The van der Waals surface area contributed by atoms with Crippen LogP contribution in [0.25, 0.3) is 0 Å². The molecule has 0 bridgehead atoms. The van der Waals surface area contributed by atoms with Gasteiger partial charge < -0.3 is 15.3 Å². The molecular formula is C13H23F3N2O3. The Morgan fingerprint density at radius 1 is 1.29 bits per heavy atom. The van der Waals surface area contributed by atoms with Gasteiger partial charge in [-0.25, -0.2) is 4.79 Å². The van der Waals surface area contributed by atoms with Crippen molar-refractivity contribution in [1.82, 2.24) is 10.2 Å². The summed E-state index contributed by atoms with van der Waals surface area (Å²) in [5.74, 6) is -0.919. The van der Waals surface area contributed by atoms with Gasteiger partial charge in [0.2, 0.25) is 0 Å². The van der Waals surface area contributed by atoms with Crippen LogP contribution in [-0.4, -0.2) is 48.3 Å². The molecule has 0 aliphatic heterocycles. The number of carboxylic acids is 1. The van der Waals surface area contributed by atoms with Gasteiger partial charge in [0.05, 0.1) is 6.42 Å². The molecule has 0 spiro atoms. The molecule has 0 saturated carbocycles. The lowest BCUT2D eigenvalue weighted by Crippen LogP contribution is -2.41. The Morgan fingerprint density at radius 2 is 1.86 bits per heavy atom. The first kappa shape index (κ1) is 19.5. The van der Waals surface area contributed by atoms with Crippen molar-refractivity contribution in [2.75, 3.05) is 20.1 Å². The molecule has 0 rings (SSSR count). The number of amides is 2. The molecule has 0 aliphatic carbocycles. The van der Waals surface area contributed by atoms with Crippen molar-refractivity contribution in [3.05, 3.63) is 0 Å². The number of hydrogen-bond acceptors (Lipinski definition) is 2. The molecule has 0 aromatic heterocycles. The van der Waals surface area contributed by atoms with Crippen molar-refractivity contribution < 1.29 is 27.9 Å². The van der Waals surface area contributed by atoms with E-state index in [9.17, 15) is 22.8 Å². The summed E-state index contributed by atoms with van der Waals surface area (Å²) in [5.41, 5.74) is 0. The molecule has 0 aromatic carbocycles. The van der Waals surface area contributed by atoms with Crippen LogP contribution in [0.3, 0.4) is 0 Å². The first-order valence-electron chi connectivity index (χ1n) is 6.78. The zero-order valence-corrected chi connectivity index (χ0v) is 12.5. The van der Waals surface area contributed by atoms with Crippen LogP contribution < -0.4 is 5.32 Å². The lowest BCUT2D eigenvalue weighted by Gasteiger charge is -2.22. The van der Waals surface area contributed by atoms with Gasteiger partial charge in [-0.1, -0.05) is 13.8 Å². The number of carbonyl (C=O) groups excluding carboxylic acids is 1. The number of nitrogens with one attached hydrogen (secondary N) is 1. The van der Waals surface area contributed by atoms with E-state index in [4.69, 9.17) is 5.11 Å². The third kappa shape index (κ3) is 10.9. The summed E-state index contributed by atoms with van der Waals surface area (Å²) < 4.78 is 36.2. The Morgan fingerprint density at radius 3 is 2.29 bits per heavy atom. The minimum Gasteiger partial charge on any atom is -0.481 e. The van der Waals surface area contributed by atoms with E-state index in [2.05, 4.69) is 5.32 Å². The predicted octanol–water partition coefficient (Wildman–Crippen LogP) is 2.72. The van der Waals surface area contributed by atoms with Gasteiger partial charge in [-0.2, -0.15) is 13.2 Å². The summed E-state index contributed by atoms with van der Waals surface area (Å²) in [4.78, 5) is 23.3. The van der Waals surface area contributed by atoms with Gasteiger partial charge in [-0.15, -0.1) is 0 Å². The molecule has 0 fully saturated rings. The van der Waals surface area contributed by atoms with E-state index < -0.39 is 31.1 Å². The van der Waals surface area contributed by atoms with Gasteiger partial charge in [0, 0.05) is 26.6 Å². The largest absolute Gasteiger partial charge is 0.481 e. The summed E-state index contributed by atoms with van der Waals surface area (Å²) in [6.45, 7) is 3.58. The molecule has 0 radical (unpaired) electrons. The first-order chi connectivity index (χ1) is 9.51. The Bertz CT molecular complexity index is 346. The van der Waals surface area contributed by atoms with E-state index in [-0.39, 0.29) is 24.8 Å². The maximum absolute atomic E-state index is 12.1. The van der Waals surface area contributed by atoms with Crippen molar-refractivity contribution in [1.29, 1.82) is 0 Å². The minimum atomic E-state index is -4.31. The van der Waals surface area contributed by atoms with E-state index in [1.54, 1.807) is 0 Å². The number of rotatable bonds is 8. The average Bonchev–Trinajstić information content (AvgIpc) is 2.30. The lowest BCUT2D eigenvalue weighted by molar-refractivity contribution is -0.138. The SMILES string of the molecule is CC(C)CC(CNC(=O)N(C)CCC(F)(F)F)CC(=O)O. The van der Waals surface area contributed by atoms with Crippen molar-refractivity contribution >= 4 is 12.0 Å². The molecular weight excluding hydrogens is 289 g/mol. The second kappa shape index (κ2) is 8.74. The topological polar surface area (TPSA) is 69.6 Å². The van der Waals surface area contributed by atoms with E-state index in [0.717, 1.165) is 4.90 Å². The molecule has 5 nitrogen and oxygen atoms in total. The molecule has 2 amide bonds. The third-order valence-electron chi connectivity index (χ3n) is 2.89. The predicted molar refractivity (Wildman–Crippen MR) is 71.9 cm³/mol. The number of halogens is 3. The zero-order valence-electron chi connectivity index (χ0n) is 12.5. The molecule has 0 saturated heterocycles. The normalized spacial score (nSPS) is 13.1. The molecule has 8 heteroatoms. The van der Waals surface area contributed by atoms with Gasteiger partial charge in [-0.3, -0.25) is 4.79 Å². The molecule has 124 valence electrons. The molecule has 21 heavy (non-hydrogen) atoms. The van der Waals surface area contributed by atoms with Gasteiger partial charge in [0.15, 0.2) is 0 Å². The number of alkyl halides is 3. The molecule has 1 unspecified atom stereocenters. The highest BCUT2D eigenvalue weighted by Gasteiger charge is 2.28. The highest BCUT2D eigenvalue weighted by molar-refractivity contribution is 5.74. The molecule has 1 atom stereocenters. The van der Waals surface area contributed by atoms with Crippen LogP contribution in [0, 0.1) is 11.8 Å². The van der Waals surface area contributed by atoms with Crippen molar-refractivity contribution in [2.24, 2.45) is 11.8 Å². The summed E-state index contributed by atoms with van der Waals surface area (Å²) >= 11 is 0. The maximum atomic E-state index is 12.1. The average molecular weight is 312 g/mol. The zero-order chi connectivity index (χ0) is 16.6. The molecule has 0 heterocycles. The van der Waals surface area contributed by atoms with Crippen LogP contribution in [0.4, 0.5) is 18.0 Å². The number of carboxylic acid groups (broad SMARTS) is 1. The third-order valence-corrected chi connectivity index (χ3v) is 2.89. The van der Waals surface area contributed by atoms with Crippen LogP contribution in [0.1, 0.15) is 33.1 Å². The van der Waals surface area contributed by atoms with Gasteiger partial charge in [0.25, 0.3) is 0 Å². The Balaban J connectivity index is 4.25. The van der Waals surface area contributed by atoms with Crippen LogP contribution in [0.5, 0.6) is 0 Å². The van der Waals surface area contributed by atoms with Crippen LogP contribution >= 0.6 is 0 Å². The van der Waals surface area contributed by atoms with Crippen LogP contribution in [0.15, 0.2) is 0 Å². The highest BCUT2D eigenvalue weighted by Crippen LogP contribution is 2.19. The Labute approximate surface area is 122 Å². The summed E-state index contributed by atoms with van der Waals surface area (Å²) in [7, 11) is 1.27. The fourth-order valence-corrected chi connectivity index (χ4v) is 1.92. The minimum absolute atomic E-state index is 0.0786. The first-order valence-corrected chi connectivity index (χ1v) is 6.78. The van der Waals surface area contributed by atoms with Crippen molar-refractivity contribution in [3.8, 4) is 0 Å². The lowest BCUT2D eigenvalue weighted by atomic mass is 9.94. The highest BCUT2D eigenvalue weighted by atomic mass is 19.4. The van der Waals surface area contributed by atoms with Gasteiger partial charge in [-0.05, 0) is 18.3 Å². The quantitative estimate of drug-likeness (QED) is 0.724.